The Labute approximate surface area is 105 Å². The van der Waals surface area contributed by atoms with Crippen molar-refractivity contribution in [2.75, 3.05) is 39.3 Å². The van der Waals surface area contributed by atoms with Crippen molar-refractivity contribution in [3.05, 3.63) is 0 Å². The molecule has 12 nitrogen and oxygen atoms in total. The molecule has 3 aliphatic heterocycles. The lowest BCUT2D eigenvalue weighted by molar-refractivity contribution is -0.367. The van der Waals surface area contributed by atoms with Gasteiger partial charge >= 0.3 is 0 Å². The summed E-state index contributed by atoms with van der Waals surface area (Å²) < 4.78 is 0. The topological polar surface area (TPSA) is 109 Å². The standard InChI is InChI=1S/C6H20N12/c1-4-15(5-2-7-1)18-12-8-3-6-16(18)17-13-10-9-11-14-17/h7-14H,1-6H2. The zero-order valence-electron chi connectivity index (χ0n) is 10.0. The van der Waals surface area contributed by atoms with Crippen LogP contribution < -0.4 is 44.0 Å². The predicted octanol–water partition coefficient (Wildman–Crippen LogP) is -4.98. The van der Waals surface area contributed by atoms with Crippen LogP contribution in [0.25, 0.3) is 0 Å². The van der Waals surface area contributed by atoms with Crippen LogP contribution in [0, 0.1) is 0 Å². The summed E-state index contributed by atoms with van der Waals surface area (Å²) in [6.07, 6.45) is 0. The van der Waals surface area contributed by atoms with E-state index in [1.165, 1.54) is 0 Å². The highest BCUT2D eigenvalue weighted by Gasteiger charge is 2.31. The van der Waals surface area contributed by atoms with Gasteiger partial charge in [0, 0.05) is 39.3 Å². The van der Waals surface area contributed by atoms with Gasteiger partial charge in [0.05, 0.1) is 0 Å². The molecule has 0 aromatic carbocycles. The molecule has 0 aliphatic carbocycles. The van der Waals surface area contributed by atoms with Crippen molar-refractivity contribution >= 4 is 0 Å². The first-order valence-corrected chi connectivity index (χ1v) is 6.03. The average molecular weight is 260 g/mol. The number of hydrogen-bond acceptors (Lipinski definition) is 12. The molecule has 3 rings (SSSR count). The summed E-state index contributed by atoms with van der Waals surface area (Å²) in [5.74, 6) is 0. The normalized spacial score (nSPS) is 30.7. The van der Waals surface area contributed by atoms with Crippen molar-refractivity contribution < 1.29 is 0 Å². The molecule has 0 spiro atoms. The Morgan fingerprint density at radius 2 is 1.50 bits per heavy atom. The van der Waals surface area contributed by atoms with E-state index in [2.05, 4.69) is 49.0 Å². The second-order valence-electron chi connectivity index (χ2n) is 4.04. The van der Waals surface area contributed by atoms with Gasteiger partial charge in [0.15, 0.2) is 0 Å². The van der Waals surface area contributed by atoms with E-state index in [1.807, 2.05) is 10.3 Å². The molecule has 0 amide bonds. The van der Waals surface area contributed by atoms with Crippen LogP contribution >= 0.6 is 0 Å². The Balaban J connectivity index is 1.64. The fourth-order valence-electron chi connectivity index (χ4n) is 2.02. The summed E-state index contributed by atoms with van der Waals surface area (Å²) >= 11 is 0. The van der Waals surface area contributed by atoms with Gasteiger partial charge in [0.25, 0.3) is 0 Å². The van der Waals surface area contributed by atoms with Crippen molar-refractivity contribution in [1.82, 2.24) is 64.5 Å². The van der Waals surface area contributed by atoms with Crippen LogP contribution in [-0.2, 0) is 0 Å². The molecule has 3 aliphatic rings. The highest BCUT2D eigenvalue weighted by atomic mass is 16.3. The number of nitrogens with zero attached hydrogens (tertiary/aromatic N) is 4. The first kappa shape index (κ1) is 12.5. The third-order valence-corrected chi connectivity index (χ3v) is 2.88. The lowest BCUT2D eigenvalue weighted by atomic mass is 10.4. The molecule has 0 aromatic heterocycles. The molecular formula is C6H20N12. The van der Waals surface area contributed by atoms with Crippen LogP contribution in [-0.4, -0.2) is 59.8 Å². The first-order chi connectivity index (χ1) is 8.95. The van der Waals surface area contributed by atoms with Crippen molar-refractivity contribution in [2.45, 2.75) is 0 Å². The fraction of sp³-hybridized carbons (Fsp3) is 1.00. The minimum Gasteiger partial charge on any atom is -0.314 e. The maximum Gasteiger partial charge on any atom is 0.0490 e. The van der Waals surface area contributed by atoms with E-state index in [-0.39, 0.29) is 0 Å². The molecule has 12 heteroatoms. The zero-order valence-corrected chi connectivity index (χ0v) is 10.0. The van der Waals surface area contributed by atoms with Crippen LogP contribution in [0.4, 0.5) is 0 Å². The third-order valence-electron chi connectivity index (χ3n) is 2.88. The van der Waals surface area contributed by atoms with E-state index >= 15 is 0 Å². The Kier molecular flexibility index (Phi) is 4.26. The molecule has 3 heterocycles. The molecule has 3 fully saturated rings. The van der Waals surface area contributed by atoms with Crippen LogP contribution in [0.2, 0.25) is 0 Å². The quantitative estimate of drug-likeness (QED) is 0.243. The molecule has 104 valence electrons. The molecule has 18 heavy (non-hydrogen) atoms. The molecule has 0 atom stereocenters. The Bertz CT molecular complexity index is 223. The van der Waals surface area contributed by atoms with Gasteiger partial charge in [-0.1, -0.05) is 10.5 Å². The van der Waals surface area contributed by atoms with E-state index in [1.54, 1.807) is 5.23 Å². The summed E-state index contributed by atoms with van der Waals surface area (Å²) in [4.78, 5) is 0. The Morgan fingerprint density at radius 3 is 2.28 bits per heavy atom. The summed E-state index contributed by atoms with van der Waals surface area (Å²) in [6.45, 7) is 5.47. The lowest BCUT2D eigenvalue weighted by Gasteiger charge is -2.49. The number of hydrazine groups is 11. The van der Waals surface area contributed by atoms with Gasteiger partial charge in [-0.2, -0.15) is 22.1 Å². The van der Waals surface area contributed by atoms with E-state index in [0.717, 1.165) is 39.3 Å². The smallest absolute Gasteiger partial charge is 0.0490 e. The van der Waals surface area contributed by atoms with E-state index in [9.17, 15) is 0 Å². The molecule has 0 bridgehead atoms. The molecule has 8 N–H and O–H groups in total. The molecule has 0 saturated carbocycles. The van der Waals surface area contributed by atoms with Gasteiger partial charge < -0.3 is 5.32 Å². The summed E-state index contributed by atoms with van der Waals surface area (Å²) in [6, 6.07) is 0. The van der Waals surface area contributed by atoms with E-state index in [4.69, 9.17) is 0 Å². The van der Waals surface area contributed by atoms with E-state index in [0.29, 0.717) is 0 Å². The summed E-state index contributed by atoms with van der Waals surface area (Å²) in [7, 11) is 0. The number of piperazine rings is 1. The predicted molar refractivity (Wildman–Crippen MR) is 61.6 cm³/mol. The molecule has 0 aromatic rings. The lowest BCUT2D eigenvalue weighted by Crippen LogP contribution is -2.82. The average Bonchev–Trinajstić information content (AvgIpc) is 2.49. The van der Waals surface area contributed by atoms with Gasteiger partial charge in [-0.05, 0) is 0 Å². The minimum atomic E-state index is 0.806. The van der Waals surface area contributed by atoms with Crippen LogP contribution in [0.5, 0.6) is 0 Å². The van der Waals surface area contributed by atoms with Crippen LogP contribution in [0.3, 0.4) is 0 Å². The highest BCUT2D eigenvalue weighted by Crippen LogP contribution is 2.05. The van der Waals surface area contributed by atoms with Gasteiger partial charge in [-0.15, -0.1) is 16.2 Å². The number of nitrogens with one attached hydrogen (secondary N) is 8. The first-order valence-electron chi connectivity index (χ1n) is 6.03. The maximum absolute atomic E-state index is 3.33. The maximum atomic E-state index is 3.33. The molecule has 0 radical (unpaired) electrons. The van der Waals surface area contributed by atoms with Gasteiger partial charge in [0.2, 0.25) is 0 Å². The Morgan fingerprint density at radius 1 is 0.722 bits per heavy atom. The van der Waals surface area contributed by atoms with Gasteiger partial charge in [-0.25, -0.2) is 10.4 Å². The Hall–Kier alpha value is -0.480. The highest BCUT2D eigenvalue weighted by molar-refractivity contribution is 4.65. The third kappa shape index (κ3) is 2.75. The van der Waals surface area contributed by atoms with Gasteiger partial charge in [-0.3, -0.25) is 0 Å². The molecular weight excluding hydrogens is 240 g/mol. The molecule has 0 unspecified atom stereocenters. The second-order valence-corrected chi connectivity index (χ2v) is 4.04. The number of rotatable bonds is 2. The summed E-state index contributed by atoms with van der Waals surface area (Å²) in [5.41, 5.74) is 20.3. The summed E-state index contributed by atoms with van der Waals surface area (Å²) in [5, 5.41) is 11.2. The molecule has 3 saturated heterocycles. The SMILES string of the molecule is C1CN(N2NNCCN2N2NNNNN2)CCN1. The van der Waals surface area contributed by atoms with Crippen molar-refractivity contribution in [3.8, 4) is 0 Å². The van der Waals surface area contributed by atoms with Crippen molar-refractivity contribution in [2.24, 2.45) is 0 Å². The van der Waals surface area contributed by atoms with Crippen LogP contribution in [0.1, 0.15) is 0 Å². The van der Waals surface area contributed by atoms with Crippen LogP contribution in [0.15, 0.2) is 0 Å². The largest absolute Gasteiger partial charge is 0.314 e. The van der Waals surface area contributed by atoms with Gasteiger partial charge in [0.1, 0.15) is 0 Å². The number of hydrogen-bond donors (Lipinski definition) is 8. The zero-order chi connectivity index (χ0) is 12.2. The van der Waals surface area contributed by atoms with Crippen molar-refractivity contribution in [3.63, 3.8) is 0 Å². The van der Waals surface area contributed by atoms with Crippen molar-refractivity contribution in [1.29, 1.82) is 0 Å². The fourth-order valence-corrected chi connectivity index (χ4v) is 2.02. The second kappa shape index (κ2) is 6.11. The van der Waals surface area contributed by atoms with E-state index < -0.39 is 0 Å². The monoisotopic (exact) mass is 260 g/mol. The minimum absolute atomic E-state index is 0.806.